The average molecular weight is 212 g/mol. The van der Waals surface area contributed by atoms with Crippen LogP contribution in [0.2, 0.25) is 0 Å². The molecule has 1 saturated carbocycles. The lowest BCUT2D eigenvalue weighted by molar-refractivity contribution is -0.131. The molecule has 0 spiro atoms. The Morgan fingerprint density at radius 1 is 1.20 bits per heavy atom. The summed E-state index contributed by atoms with van der Waals surface area (Å²) in [5.74, 6) is 0.907. The topological polar surface area (TPSA) is 26.3 Å². The van der Waals surface area contributed by atoms with Gasteiger partial charge in [0.15, 0.2) is 5.78 Å². The number of hydrogen-bond acceptors (Lipinski definition) is 2. The number of carbonyl (C=O) groups is 1. The van der Waals surface area contributed by atoms with E-state index in [1.807, 2.05) is 20.8 Å². The van der Waals surface area contributed by atoms with Crippen LogP contribution < -0.4 is 0 Å². The molecule has 0 saturated heterocycles. The molecule has 0 aromatic heterocycles. The summed E-state index contributed by atoms with van der Waals surface area (Å²) in [4.78, 5) is 11.6. The van der Waals surface area contributed by atoms with Gasteiger partial charge in [-0.1, -0.05) is 40.0 Å². The summed E-state index contributed by atoms with van der Waals surface area (Å²) in [6.07, 6.45) is 6.60. The highest BCUT2D eigenvalue weighted by Crippen LogP contribution is 2.24. The molecule has 0 atom stereocenters. The minimum Gasteiger partial charge on any atom is -0.373 e. The quantitative estimate of drug-likeness (QED) is 0.715. The molecule has 0 bridgehead atoms. The van der Waals surface area contributed by atoms with Gasteiger partial charge in [-0.2, -0.15) is 0 Å². The fraction of sp³-hybridized carbons (Fsp3) is 0.923. The zero-order valence-electron chi connectivity index (χ0n) is 10.3. The Kier molecular flexibility index (Phi) is 4.78. The van der Waals surface area contributed by atoms with E-state index in [1.54, 1.807) is 0 Å². The Labute approximate surface area is 93.4 Å². The molecule has 1 fully saturated rings. The van der Waals surface area contributed by atoms with Crippen LogP contribution in [0, 0.1) is 11.3 Å². The lowest BCUT2D eigenvalue weighted by atomic mass is 9.89. The van der Waals surface area contributed by atoms with Gasteiger partial charge >= 0.3 is 0 Å². The molecule has 0 radical (unpaired) electrons. The Bertz CT molecular complexity index is 197. The van der Waals surface area contributed by atoms with Crippen LogP contribution in [0.5, 0.6) is 0 Å². The van der Waals surface area contributed by atoms with Crippen molar-refractivity contribution in [3.8, 4) is 0 Å². The van der Waals surface area contributed by atoms with Gasteiger partial charge in [-0.3, -0.25) is 4.79 Å². The maximum atomic E-state index is 11.6. The van der Waals surface area contributed by atoms with Crippen molar-refractivity contribution in [3.63, 3.8) is 0 Å². The zero-order valence-corrected chi connectivity index (χ0v) is 10.3. The predicted octanol–water partition coefficient (Wildman–Crippen LogP) is 3.20. The Morgan fingerprint density at radius 3 is 2.33 bits per heavy atom. The third kappa shape index (κ3) is 4.78. The van der Waals surface area contributed by atoms with Gasteiger partial charge in [0.2, 0.25) is 0 Å². The standard InChI is InChI=1S/C13H24O2/c1-13(2,3)12(14)10-15-9-11-7-5-4-6-8-11/h11H,4-10H2,1-3H3. The van der Waals surface area contributed by atoms with E-state index in [9.17, 15) is 4.79 Å². The van der Waals surface area contributed by atoms with Gasteiger partial charge in [0.05, 0.1) is 0 Å². The maximum absolute atomic E-state index is 11.6. The van der Waals surface area contributed by atoms with Crippen molar-refractivity contribution in [1.29, 1.82) is 0 Å². The summed E-state index contributed by atoms with van der Waals surface area (Å²) >= 11 is 0. The van der Waals surface area contributed by atoms with Crippen LogP contribution in [-0.4, -0.2) is 19.0 Å². The molecule has 0 aromatic rings. The number of ether oxygens (including phenoxy) is 1. The second-order valence-corrected chi connectivity index (χ2v) is 5.69. The van der Waals surface area contributed by atoms with Crippen molar-refractivity contribution in [2.45, 2.75) is 52.9 Å². The minimum absolute atomic E-state index is 0.207. The molecule has 2 nitrogen and oxygen atoms in total. The van der Waals surface area contributed by atoms with E-state index in [-0.39, 0.29) is 11.2 Å². The lowest BCUT2D eigenvalue weighted by Gasteiger charge is -2.22. The van der Waals surface area contributed by atoms with E-state index < -0.39 is 0 Å². The molecule has 0 heterocycles. The molecular formula is C13H24O2. The molecule has 88 valence electrons. The highest BCUT2D eigenvalue weighted by molar-refractivity contribution is 5.84. The number of ketones is 1. The first-order valence-electron chi connectivity index (χ1n) is 6.11. The Balaban J connectivity index is 2.12. The van der Waals surface area contributed by atoms with E-state index in [2.05, 4.69) is 0 Å². The number of Topliss-reactive ketones (excluding diaryl/α,β-unsaturated/α-hetero) is 1. The van der Waals surface area contributed by atoms with E-state index in [4.69, 9.17) is 4.74 Å². The van der Waals surface area contributed by atoms with Crippen molar-refractivity contribution < 1.29 is 9.53 Å². The monoisotopic (exact) mass is 212 g/mol. The van der Waals surface area contributed by atoms with Gasteiger partial charge in [0.25, 0.3) is 0 Å². The van der Waals surface area contributed by atoms with Crippen LogP contribution in [0.3, 0.4) is 0 Å². The number of rotatable bonds is 4. The smallest absolute Gasteiger partial charge is 0.163 e. The third-order valence-electron chi connectivity index (χ3n) is 3.15. The molecule has 0 amide bonds. The zero-order chi connectivity index (χ0) is 11.3. The first kappa shape index (κ1) is 12.7. The molecule has 0 aromatic carbocycles. The lowest BCUT2D eigenvalue weighted by Crippen LogP contribution is -2.26. The SMILES string of the molecule is CC(C)(C)C(=O)COCC1CCCCC1. The molecule has 2 heteroatoms. The molecule has 1 aliphatic carbocycles. The van der Waals surface area contributed by atoms with Crippen LogP contribution in [0.1, 0.15) is 52.9 Å². The minimum atomic E-state index is -0.257. The van der Waals surface area contributed by atoms with Crippen LogP contribution in [0.4, 0.5) is 0 Å². The fourth-order valence-corrected chi connectivity index (χ4v) is 1.89. The first-order valence-corrected chi connectivity index (χ1v) is 6.11. The highest BCUT2D eigenvalue weighted by Gasteiger charge is 2.21. The van der Waals surface area contributed by atoms with Crippen molar-refractivity contribution in [3.05, 3.63) is 0 Å². The average Bonchev–Trinajstić information content (AvgIpc) is 2.18. The Morgan fingerprint density at radius 2 is 1.80 bits per heavy atom. The molecule has 0 unspecified atom stereocenters. The van der Waals surface area contributed by atoms with Crippen molar-refractivity contribution >= 4 is 5.78 Å². The van der Waals surface area contributed by atoms with Gasteiger partial charge in [-0.05, 0) is 18.8 Å². The van der Waals surface area contributed by atoms with Gasteiger partial charge in [0, 0.05) is 12.0 Å². The summed E-state index contributed by atoms with van der Waals surface area (Å²) in [6.45, 7) is 6.90. The van der Waals surface area contributed by atoms with Crippen molar-refractivity contribution in [2.24, 2.45) is 11.3 Å². The van der Waals surface area contributed by atoms with E-state index in [1.165, 1.54) is 32.1 Å². The van der Waals surface area contributed by atoms with Crippen LogP contribution in [0.15, 0.2) is 0 Å². The molecule has 1 aliphatic rings. The highest BCUT2D eigenvalue weighted by atomic mass is 16.5. The van der Waals surface area contributed by atoms with Gasteiger partial charge in [-0.15, -0.1) is 0 Å². The van der Waals surface area contributed by atoms with Gasteiger partial charge in [-0.25, -0.2) is 0 Å². The van der Waals surface area contributed by atoms with Crippen molar-refractivity contribution in [2.75, 3.05) is 13.2 Å². The maximum Gasteiger partial charge on any atom is 0.163 e. The summed E-state index contributed by atoms with van der Waals surface area (Å²) in [5.41, 5.74) is -0.257. The predicted molar refractivity (Wildman–Crippen MR) is 61.9 cm³/mol. The van der Waals surface area contributed by atoms with Crippen LogP contribution in [0.25, 0.3) is 0 Å². The van der Waals surface area contributed by atoms with E-state index in [0.29, 0.717) is 12.5 Å². The van der Waals surface area contributed by atoms with Gasteiger partial charge < -0.3 is 4.74 Å². The molecule has 15 heavy (non-hydrogen) atoms. The third-order valence-corrected chi connectivity index (χ3v) is 3.15. The molecule has 0 aliphatic heterocycles. The van der Waals surface area contributed by atoms with E-state index >= 15 is 0 Å². The molecule has 0 N–H and O–H groups in total. The van der Waals surface area contributed by atoms with Gasteiger partial charge in [0.1, 0.15) is 6.61 Å². The second-order valence-electron chi connectivity index (χ2n) is 5.69. The van der Waals surface area contributed by atoms with Crippen LogP contribution >= 0.6 is 0 Å². The van der Waals surface area contributed by atoms with Crippen LogP contribution in [-0.2, 0) is 9.53 Å². The first-order chi connectivity index (χ1) is 7.00. The number of carbonyl (C=O) groups excluding carboxylic acids is 1. The Hall–Kier alpha value is -0.370. The fourth-order valence-electron chi connectivity index (χ4n) is 1.89. The second kappa shape index (κ2) is 5.64. The summed E-state index contributed by atoms with van der Waals surface area (Å²) in [5, 5.41) is 0. The normalized spacial score (nSPS) is 19.1. The number of hydrogen-bond donors (Lipinski definition) is 0. The van der Waals surface area contributed by atoms with E-state index in [0.717, 1.165) is 6.61 Å². The largest absolute Gasteiger partial charge is 0.373 e. The van der Waals surface area contributed by atoms with Crippen molar-refractivity contribution in [1.82, 2.24) is 0 Å². The molecular weight excluding hydrogens is 188 g/mol. The summed E-state index contributed by atoms with van der Waals surface area (Å²) < 4.78 is 5.51. The summed E-state index contributed by atoms with van der Waals surface area (Å²) in [7, 11) is 0. The molecule has 1 rings (SSSR count). The summed E-state index contributed by atoms with van der Waals surface area (Å²) in [6, 6.07) is 0.